The third-order valence-electron chi connectivity index (χ3n) is 4.62. The van der Waals surface area contributed by atoms with E-state index >= 15 is 0 Å². The Morgan fingerprint density at radius 3 is 2.36 bits per heavy atom. The molecule has 5 nitrogen and oxygen atoms in total. The Bertz CT molecular complexity index is 895. The fourth-order valence-corrected chi connectivity index (χ4v) is 3.75. The molecule has 0 aliphatic heterocycles. The van der Waals surface area contributed by atoms with Gasteiger partial charge in [0.25, 0.3) is 0 Å². The van der Waals surface area contributed by atoms with Crippen molar-refractivity contribution in [2.24, 2.45) is 7.05 Å². The molecule has 0 aliphatic carbocycles. The van der Waals surface area contributed by atoms with Crippen LogP contribution in [0.3, 0.4) is 0 Å². The van der Waals surface area contributed by atoms with Gasteiger partial charge in [0.1, 0.15) is 0 Å². The van der Waals surface area contributed by atoms with Crippen molar-refractivity contribution in [3.63, 3.8) is 0 Å². The Balaban J connectivity index is 1.53. The molecule has 2 aromatic carbocycles. The summed E-state index contributed by atoms with van der Waals surface area (Å²) >= 11 is 1.43. The number of thioether (sulfide) groups is 1. The van der Waals surface area contributed by atoms with Gasteiger partial charge in [0.05, 0.1) is 5.25 Å². The van der Waals surface area contributed by atoms with Crippen molar-refractivity contribution in [1.29, 1.82) is 0 Å². The third kappa shape index (κ3) is 5.23. The fraction of sp³-hybridized carbons (Fsp3) is 0.318. The number of carbonyl (C=O) groups excluding carboxylic acids is 1. The molecule has 1 aromatic heterocycles. The van der Waals surface area contributed by atoms with Crippen LogP contribution in [0.1, 0.15) is 25.8 Å². The summed E-state index contributed by atoms with van der Waals surface area (Å²) in [6.45, 7) is 3.95. The van der Waals surface area contributed by atoms with Gasteiger partial charge in [0.2, 0.25) is 5.91 Å². The number of hydrogen-bond donors (Lipinski definition) is 1. The molecule has 3 rings (SSSR count). The number of hydrogen-bond acceptors (Lipinski definition) is 4. The minimum atomic E-state index is -0.245. The van der Waals surface area contributed by atoms with Crippen molar-refractivity contribution in [2.45, 2.75) is 43.1 Å². The molecule has 3 aromatic rings. The lowest BCUT2D eigenvalue weighted by molar-refractivity contribution is -0.120. The van der Waals surface area contributed by atoms with E-state index in [0.717, 1.165) is 29.4 Å². The molecule has 2 atom stereocenters. The van der Waals surface area contributed by atoms with Gasteiger partial charge in [0, 0.05) is 18.7 Å². The van der Waals surface area contributed by atoms with Crippen LogP contribution < -0.4 is 5.32 Å². The summed E-state index contributed by atoms with van der Waals surface area (Å²) in [4.78, 5) is 12.6. The number of nitrogens with one attached hydrogen (secondary N) is 1. The van der Waals surface area contributed by atoms with Crippen molar-refractivity contribution >= 4 is 17.7 Å². The van der Waals surface area contributed by atoms with E-state index in [-0.39, 0.29) is 17.2 Å². The van der Waals surface area contributed by atoms with Gasteiger partial charge in [-0.15, -0.1) is 10.2 Å². The average molecular weight is 395 g/mol. The van der Waals surface area contributed by atoms with Crippen LogP contribution in [-0.2, 0) is 18.3 Å². The van der Waals surface area contributed by atoms with Gasteiger partial charge in [0.15, 0.2) is 11.0 Å². The number of rotatable bonds is 8. The molecular formula is C22H26N4OS. The third-order valence-corrected chi connectivity index (χ3v) is 5.75. The predicted octanol–water partition coefficient (Wildman–Crippen LogP) is 4.10. The van der Waals surface area contributed by atoms with Crippen LogP contribution in [-0.4, -0.2) is 32.0 Å². The molecule has 1 amide bonds. The van der Waals surface area contributed by atoms with Gasteiger partial charge in [-0.25, -0.2) is 0 Å². The Labute approximate surface area is 170 Å². The van der Waals surface area contributed by atoms with Gasteiger partial charge in [-0.3, -0.25) is 4.79 Å². The van der Waals surface area contributed by atoms with E-state index in [1.165, 1.54) is 17.3 Å². The maximum atomic E-state index is 12.6. The molecule has 0 spiro atoms. The van der Waals surface area contributed by atoms with E-state index in [4.69, 9.17) is 0 Å². The maximum Gasteiger partial charge on any atom is 0.233 e. The summed E-state index contributed by atoms with van der Waals surface area (Å²) in [7, 11) is 1.93. The minimum absolute atomic E-state index is 0.0230. The predicted molar refractivity (Wildman–Crippen MR) is 114 cm³/mol. The van der Waals surface area contributed by atoms with E-state index in [1.54, 1.807) is 0 Å². The SMILES string of the molecule is CC(CCc1ccccc1)NC(=O)C(C)Sc1nnc(-c2ccccc2)n1C. The number of carbonyl (C=O) groups is 1. The normalized spacial score (nSPS) is 13.1. The highest BCUT2D eigenvalue weighted by atomic mass is 32.2. The number of benzene rings is 2. The van der Waals surface area contributed by atoms with Gasteiger partial charge in [-0.2, -0.15) is 0 Å². The molecule has 0 aliphatic rings. The van der Waals surface area contributed by atoms with Crippen LogP contribution in [0, 0.1) is 0 Å². The molecule has 28 heavy (non-hydrogen) atoms. The van der Waals surface area contributed by atoms with Crippen LogP contribution in [0.4, 0.5) is 0 Å². The van der Waals surface area contributed by atoms with Gasteiger partial charge in [-0.1, -0.05) is 72.4 Å². The second-order valence-corrected chi connectivity index (χ2v) is 8.23. The Hall–Kier alpha value is -2.60. The molecule has 1 heterocycles. The van der Waals surface area contributed by atoms with Crippen molar-refractivity contribution in [2.75, 3.05) is 0 Å². The van der Waals surface area contributed by atoms with Crippen molar-refractivity contribution in [3.8, 4) is 11.4 Å². The second kappa shape index (κ2) is 9.55. The van der Waals surface area contributed by atoms with Crippen molar-refractivity contribution < 1.29 is 4.79 Å². The highest BCUT2D eigenvalue weighted by molar-refractivity contribution is 8.00. The molecule has 6 heteroatoms. The molecule has 0 bridgehead atoms. The van der Waals surface area contributed by atoms with Gasteiger partial charge in [-0.05, 0) is 32.3 Å². The van der Waals surface area contributed by atoms with Crippen molar-refractivity contribution in [1.82, 2.24) is 20.1 Å². The molecule has 0 fully saturated rings. The smallest absolute Gasteiger partial charge is 0.233 e. The summed E-state index contributed by atoms with van der Waals surface area (Å²) in [5.74, 6) is 0.821. The molecule has 0 radical (unpaired) electrons. The van der Waals surface area contributed by atoms with Crippen LogP contribution in [0.2, 0.25) is 0 Å². The maximum absolute atomic E-state index is 12.6. The largest absolute Gasteiger partial charge is 0.353 e. The number of aromatic nitrogens is 3. The van der Waals surface area contributed by atoms with E-state index in [2.05, 4.69) is 27.6 Å². The Morgan fingerprint density at radius 2 is 1.68 bits per heavy atom. The lowest BCUT2D eigenvalue weighted by Gasteiger charge is -2.17. The number of aryl methyl sites for hydroxylation is 1. The highest BCUT2D eigenvalue weighted by Gasteiger charge is 2.20. The summed E-state index contributed by atoms with van der Waals surface area (Å²) in [5.41, 5.74) is 2.30. The summed E-state index contributed by atoms with van der Waals surface area (Å²) in [6, 6.07) is 20.4. The average Bonchev–Trinajstić information content (AvgIpc) is 3.08. The van der Waals surface area contributed by atoms with Gasteiger partial charge < -0.3 is 9.88 Å². The highest BCUT2D eigenvalue weighted by Crippen LogP contribution is 2.25. The zero-order valence-corrected chi connectivity index (χ0v) is 17.3. The van der Waals surface area contributed by atoms with Crippen LogP contribution in [0.25, 0.3) is 11.4 Å². The topological polar surface area (TPSA) is 59.8 Å². The van der Waals surface area contributed by atoms with E-state index < -0.39 is 0 Å². The molecule has 146 valence electrons. The lowest BCUT2D eigenvalue weighted by Crippen LogP contribution is -2.38. The molecule has 1 N–H and O–H groups in total. The summed E-state index contributed by atoms with van der Waals surface area (Å²) < 4.78 is 1.93. The first-order chi connectivity index (χ1) is 13.5. The molecule has 0 saturated carbocycles. The number of nitrogens with zero attached hydrogens (tertiary/aromatic N) is 3. The van der Waals surface area contributed by atoms with Crippen molar-refractivity contribution in [3.05, 3.63) is 66.2 Å². The first-order valence-electron chi connectivity index (χ1n) is 9.50. The molecule has 0 saturated heterocycles. The van der Waals surface area contributed by atoms with E-state index in [1.807, 2.05) is 74.0 Å². The Morgan fingerprint density at radius 1 is 1.04 bits per heavy atom. The van der Waals surface area contributed by atoms with Crippen LogP contribution in [0.15, 0.2) is 65.8 Å². The Kier molecular flexibility index (Phi) is 6.87. The van der Waals surface area contributed by atoms with Crippen LogP contribution in [0.5, 0.6) is 0 Å². The summed E-state index contributed by atoms with van der Waals surface area (Å²) in [5, 5.41) is 12.1. The fourth-order valence-electron chi connectivity index (χ4n) is 2.93. The lowest BCUT2D eigenvalue weighted by atomic mass is 10.1. The second-order valence-electron chi connectivity index (χ2n) is 6.93. The summed E-state index contributed by atoms with van der Waals surface area (Å²) in [6.07, 6.45) is 1.86. The van der Waals surface area contributed by atoms with E-state index in [9.17, 15) is 4.79 Å². The molecule has 2 unspecified atom stereocenters. The van der Waals surface area contributed by atoms with Gasteiger partial charge >= 0.3 is 0 Å². The first-order valence-corrected chi connectivity index (χ1v) is 10.4. The van der Waals surface area contributed by atoms with Crippen LogP contribution >= 0.6 is 11.8 Å². The zero-order valence-electron chi connectivity index (χ0n) is 16.5. The standard InChI is InChI=1S/C22H26N4OS/c1-16(14-15-18-10-6-4-7-11-18)23-21(27)17(2)28-22-25-24-20(26(22)3)19-12-8-5-9-13-19/h4-13,16-17H,14-15H2,1-3H3,(H,23,27). The first kappa shape index (κ1) is 20.1. The quantitative estimate of drug-likeness (QED) is 0.585. The van der Waals surface area contributed by atoms with E-state index in [0.29, 0.717) is 0 Å². The monoisotopic (exact) mass is 394 g/mol. The number of amides is 1. The zero-order chi connectivity index (χ0) is 19.9. The molecular weight excluding hydrogens is 368 g/mol. The minimum Gasteiger partial charge on any atom is -0.353 e.